The van der Waals surface area contributed by atoms with Gasteiger partial charge in [0, 0.05) is 11.0 Å². The molecule has 3 nitrogen and oxygen atoms in total. The first-order chi connectivity index (χ1) is 7.15. The highest BCUT2D eigenvalue weighted by atomic mass is 79.9. The Labute approximate surface area is 96.9 Å². The standard InChI is InChI=1S/C11H12BrNO2/c1-2-3-6-13-11(15)9-7-8(12)4-5-10(9)14/h2,4-5,7,14H,1,3,6H2,(H,13,15). The topological polar surface area (TPSA) is 49.3 Å². The summed E-state index contributed by atoms with van der Waals surface area (Å²) in [5.74, 6) is -0.301. The number of carbonyl (C=O) groups is 1. The average Bonchev–Trinajstić information content (AvgIpc) is 2.22. The average molecular weight is 270 g/mol. The van der Waals surface area contributed by atoms with Gasteiger partial charge in [-0.25, -0.2) is 0 Å². The van der Waals surface area contributed by atoms with Gasteiger partial charge in [-0.1, -0.05) is 22.0 Å². The van der Waals surface area contributed by atoms with Gasteiger partial charge >= 0.3 is 0 Å². The van der Waals surface area contributed by atoms with Crippen LogP contribution < -0.4 is 5.32 Å². The molecule has 2 N–H and O–H groups in total. The van der Waals surface area contributed by atoms with Gasteiger partial charge < -0.3 is 10.4 Å². The highest BCUT2D eigenvalue weighted by Gasteiger charge is 2.10. The van der Waals surface area contributed by atoms with Gasteiger partial charge in [0.05, 0.1) is 5.56 Å². The summed E-state index contributed by atoms with van der Waals surface area (Å²) in [6, 6.07) is 4.74. The van der Waals surface area contributed by atoms with Crippen LogP contribution in [-0.2, 0) is 0 Å². The number of nitrogens with one attached hydrogen (secondary N) is 1. The molecule has 0 unspecified atom stereocenters. The number of benzene rings is 1. The molecule has 0 aliphatic heterocycles. The molecule has 80 valence electrons. The number of hydrogen-bond acceptors (Lipinski definition) is 2. The molecular formula is C11H12BrNO2. The van der Waals surface area contributed by atoms with Crippen molar-refractivity contribution in [2.75, 3.05) is 6.54 Å². The van der Waals surface area contributed by atoms with Crippen molar-refractivity contribution in [2.24, 2.45) is 0 Å². The first-order valence-corrected chi connectivity index (χ1v) is 5.32. The van der Waals surface area contributed by atoms with E-state index in [1.165, 1.54) is 6.07 Å². The van der Waals surface area contributed by atoms with Crippen LogP contribution >= 0.6 is 15.9 Å². The lowest BCUT2D eigenvalue weighted by Crippen LogP contribution is -2.24. The van der Waals surface area contributed by atoms with Gasteiger partial charge in [-0.2, -0.15) is 0 Å². The van der Waals surface area contributed by atoms with Gasteiger partial charge in [0.25, 0.3) is 5.91 Å². The molecule has 0 saturated carbocycles. The van der Waals surface area contributed by atoms with Gasteiger partial charge in [0.15, 0.2) is 0 Å². The summed E-state index contributed by atoms with van der Waals surface area (Å²) in [7, 11) is 0. The van der Waals surface area contributed by atoms with Crippen molar-refractivity contribution in [3.8, 4) is 5.75 Å². The number of phenols is 1. The maximum atomic E-state index is 11.6. The second-order valence-electron chi connectivity index (χ2n) is 2.99. The normalized spacial score (nSPS) is 9.67. The minimum Gasteiger partial charge on any atom is -0.507 e. The van der Waals surface area contributed by atoms with Crippen LogP contribution in [0.5, 0.6) is 5.75 Å². The molecule has 0 atom stereocenters. The maximum absolute atomic E-state index is 11.6. The summed E-state index contributed by atoms with van der Waals surface area (Å²) in [5, 5.41) is 12.1. The lowest BCUT2D eigenvalue weighted by atomic mass is 10.2. The molecular weight excluding hydrogens is 258 g/mol. The third-order valence-electron chi connectivity index (χ3n) is 1.84. The van der Waals surface area contributed by atoms with E-state index in [2.05, 4.69) is 27.8 Å². The van der Waals surface area contributed by atoms with Gasteiger partial charge in [-0.3, -0.25) is 4.79 Å². The first-order valence-electron chi connectivity index (χ1n) is 4.52. The lowest BCUT2D eigenvalue weighted by Gasteiger charge is -2.05. The molecule has 0 aromatic heterocycles. The number of halogens is 1. The zero-order valence-electron chi connectivity index (χ0n) is 8.16. The summed E-state index contributed by atoms with van der Waals surface area (Å²) in [6.07, 6.45) is 2.43. The molecule has 0 radical (unpaired) electrons. The molecule has 0 spiro atoms. The van der Waals surface area contributed by atoms with Crippen LogP contribution in [0.1, 0.15) is 16.8 Å². The van der Waals surface area contributed by atoms with Crippen LogP contribution in [0.25, 0.3) is 0 Å². The van der Waals surface area contributed by atoms with E-state index in [-0.39, 0.29) is 17.2 Å². The highest BCUT2D eigenvalue weighted by Crippen LogP contribution is 2.21. The molecule has 1 rings (SSSR count). The van der Waals surface area contributed by atoms with Crippen molar-refractivity contribution in [3.63, 3.8) is 0 Å². The predicted molar refractivity (Wildman–Crippen MR) is 63.0 cm³/mol. The largest absolute Gasteiger partial charge is 0.507 e. The molecule has 0 aliphatic carbocycles. The van der Waals surface area contributed by atoms with E-state index < -0.39 is 0 Å². The fraction of sp³-hybridized carbons (Fsp3) is 0.182. The van der Waals surface area contributed by atoms with Crippen molar-refractivity contribution in [2.45, 2.75) is 6.42 Å². The van der Waals surface area contributed by atoms with Crippen LogP contribution in [0.15, 0.2) is 35.3 Å². The number of amides is 1. The van der Waals surface area contributed by atoms with Gasteiger partial charge in [0.1, 0.15) is 5.75 Å². The molecule has 4 heteroatoms. The first kappa shape index (κ1) is 11.8. The second kappa shape index (κ2) is 5.56. The maximum Gasteiger partial charge on any atom is 0.255 e. The Hall–Kier alpha value is -1.29. The molecule has 0 heterocycles. The summed E-state index contributed by atoms with van der Waals surface area (Å²) >= 11 is 3.24. The van der Waals surface area contributed by atoms with Gasteiger partial charge in [-0.15, -0.1) is 6.58 Å². The Kier molecular flexibility index (Phi) is 4.37. The predicted octanol–water partition coefficient (Wildman–Crippen LogP) is 2.46. The highest BCUT2D eigenvalue weighted by molar-refractivity contribution is 9.10. The van der Waals surface area contributed by atoms with E-state index in [4.69, 9.17) is 0 Å². The number of carbonyl (C=O) groups excluding carboxylic acids is 1. The Morgan fingerprint density at radius 2 is 2.33 bits per heavy atom. The number of phenolic OH excluding ortho intramolecular Hbond substituents is 1. The third-order valence-corrected chi connectivity index (χ3v) is 2.33. The molecule has 0 saturated heterocycles. The van der Waals surface area contributed by atoms with Crippen molar-refractivity contribution >= 4 is 21.8 Å². The van der Waals surface area contributed by atoms with E-state index in [1.807, 2.05) is 0 Å². The van der Waals surface area contributed by atoms with E-state index in [0.717, 1.165) is 4.47 Å². The van der Waals surface area contributed by atoms with Crippen LogP contribution in [-0.4, -0.2) is 17.6 Å². The third kappa shape index (κ3) is 3.40. The summed E-state index contributed by atoms with van der Waals surface area (Å²) in [5.41, 5.74) is 0.272. The van der Waals surface area contributed by atoms with Crippen molar-refractivity contribution < 1.29 is 9.90 Å². The van der Waals surface area contributed by atoms with Crippen molar-refractivity contribution in [3.05, 3.63) is 40.9 Å². The quantitative estimate of drug-likeness (QED) is 0.652. The molecule has 0 aliphatic rings. The van der Waals surface area contributed by atoms with E-state index in [9.17, 15) is 9.90 Å². The van der Waals surface area contributed by atoms with Gasteiger partial charge in [-0.05, 0) is 24.6 Å². The van der Waals surface area contributed by atoms with E-state index >= 15 is 0 Å². The SMILES string of the molecule is C=CCCNC(=O)c1cc(Br)ccc1O. The lowest BCUT2D eigenvalue weighted by molar-refractivity contribution is 0.0951. The van der Waals surface area contributed by atoms with Crippen LogP contribution in [0.3, 0.4) is 0 Å². The number of rotatable bonds is 4. The Morgan fingerprint density at radius 1 is 1.60 bits per heavy atom. The monoisotopic (exact) mass is 269 g/mol. The van der Waals surface area contributed by atoms with Crippen LogP contribution in [0.4, 0.5) is 0 Å². The Bertz CT molecular complexity index is 377. The molecule has 1 aromatic carbocycles. The summed E-state index contributed by atoms with van der Waals surface area (Å²) < 4.78 is 0.758. The van der Waals surface area contributed by atoms with Gasteiger partial charge in [0.2, 0.25) is 0 Å². The molecule has 1 aromatic rings. The van der Waals surface area contributed by atoms with Crippen molar-refractivity contribution in [1.29, 1.82) is 0 Å². The van der Waals surface area contributed by atoms with Crippen molar-refractivity contribution in [1.82, 2.24) is 5.32 Å². The smallest absolute Gasteiger partial charge is 0.255 e. The Balaban J connectivity index is 2.72. The molecule has 1 amide bonds. The second-order valence-corrected chi connectivity index (χ2v) is 3.91. The minimum absolute atomic E-state index is 0.0192. The molecule has 15 heavy (non-hydrogen) atoms. The number of hydrogen-bond donors (Lipinski definition) is 2. The summed E-state index contributed by atoms with van der Waals surface area (Å²) in [6.45, 7) is 4.08. The molecule has 0 fully saturated rings. The fourth-order valence-corrected chi connectivity index (χ4v) is 1.43. The minimum atomic E-state index is -0.282. The fourth-order valence-electron chi connectivity index (χ4n) is 1.07. The van der Waals surface area contributed by atoms with Crippen LogP contribution in [0.2, 0.25) is 0 Å². The van der Waals surface area contributed by atoms with Crippen LogP contribution in [0, 0.1) is 0 Å². The van der Waals surface area contributed by atoms with E-state index in [1.54, 1.807) is 18.2 Å². The molecule has 0 bridgehead atoms. The Morgan fingerprint density at radius 3 is 3.00 bits per heavy atom. The van der Waals surface area contributed by atoms with E-state index in [0.29, 0.717) is 13.0 Å². The number of aromatic hydroxyl groups is 1. The zero-order chi connectivity index (χ0) is 11.3. The summed E-state index contributed by atoms with van der Waals surface area (Å²) in [4.78, 5) is 11.6. The zero-order valence-corrected chi connectivity index (χ0v) is 9.75.